The SMILES string of the molecule is COc1ccccc1Nc1nc(N)nc(C[NH+]2C[C@@H](C)C[C@H](C)C2)n1. The van der Waals surface area contributed by atoms with Crippen LogP contribution in [0.3, 0.4) is 0 Å². The fourth-order valence-electron chi connectivity index (χ4n) is 3.73. The molecule has 7 nitrogen and oxygen atoms in total. The van der Waals surface area contributed by atoms with Crippen LogP contribution >= 0.6 is 0 Å². The second kappa shape index (κ2) is 7.65. The Hall–Kier alpha value is -2.41. The van der Waals surface area contributed by atoms with E-state index in [-0.39, 0.29) is 5.95 Å². The molecule has 134 valence electrons. The highest BCUT2D eigenvalue weighted by Gasteiger charge is 2.26. The summed E-state index contributed by atoms with van der Waals surface area (Å²) in [5.74, 6) is 3.59. The number of likely N-dealkylation sites (tertiary alicyclic amines) is 1. The highest BCUT2D eigenvalue weighted by Crippen LogP contribution is 2.25. The summed E-state index contributed by atoms with van der Waals surface area (Å²) in [6.45, 7) is 7.68. The van der Waals surface area contributed by atoms with Gasteiger partial charge in [0.2, 0.25) is 11.9 Å². The van der Waals surface area contributed by atoms with E-state index in [0.717, 1.165) is 48.7 Å². The van der Waals surface area contributed by atoms with Crippen molar-refractivity contribution in [2.24, 2.45) is 11.8 Å². The first kappa shape index (κ1) is 17.4. The summed E-state index contributed by atoms with van der Waals surface area (Å²) < 4.78 is 5.35. The number of quaternary nitrogens is 1. The average molecular weight is 343 g/mol. The molecule has 7 heteroatoms. The first-order valence-corrected chi connectivity index (χ1v) is 8.77. The molecule has 1 fully saturated rings. The first-order chi connectivity index (χ1) is 12.0. The minimum atomic E-state index is 0.236. The standard InChI is InChI=1S/C18H26N6O/c1-12-8-13(2)10-24(9-12)11-16-21-17(19)23-18(22-16)20-14-6-4-5-7-15(14)25-3/h4-7,12-13H,8-11H2,1-3H3,(H3,19,20,21,22,23)/p+1/t12-,13-/m0/s1. The lowest BCUT2D eigenvalue weighted by molar-refractivity contribution is -0.926. The van der Waals surface area contributed by atoms with Crippen molar-refractivity contribution in [3.05, 3.63) is 30.1 Å². The molecule has 1 aliphatic heterocycles. The monoisotopic (exact) mass is 343 g/mol. The summed E-state index contributed by atoms with van der Waals surface area (Å²) in [7, 11) is 1.63. The lowest BCUT2D eigenvalue weighted by atomic mass is 9.92. The van der Waals surface area contributed by atoms with Crippen LogP contribution in [0.2, 0.25) is 0 Å². The molecule has 25 heavy (non-hydrogen) atoms. The van der Waals surface area contributed by atoms with Crippen LogP contribution in [-0.4, -0.2) is 35.2 Å². The Kier molecular flexibility index (Phi) is 5.33. The van der Waals surface area contributed by atoms with Crippen LogP contribution in [0.4, 0.5) is 17.6 Å². The van der Waals surface area contributed by atoms with Crippen LogP contribution in [-0.2, 0) is 6.54 Å². The normalized spacial score (nSPS) is 23.2. The summed E-state index contributed by atoms with van der Waals surface area (Å²) in [4.78, 5) is 14.6. The number of hydrogen-bond donors (Lipinski definition) is 3. The summed E-state index contributed by atoms with van der Waals surface area (Å²) in [5.41, 5.74) is 6.70. The number of nitrogen functional groups attached to an aromatic ring is 1. The lowest BCUT2D eigenvalue weighted by Gasteiger charge is -2.31. The maximum Gasteiger partial charge on any atom is 0.232 e. The van der Waals surface area contributed by atoms with Gasteiger partial charge >= 0.3 is 0 Å². The van der Waals surface area contributed by atoms with Crippen molar-refractivity contribution in [2.75, 3.05) is 31.2 Å². The van der Waals surface area contributed by atoms with Crippen LogP contribution in [0.1, 0.15) is 26.1 Å². The number of hydrogen-bond acceptors (Lipinski definition) is 6. The zero-order valence-electron chi connectivity index (χ0n) is 15.1. The van der Waals surface area contributed by atoms with Gasteiger partial charge in [-0.25, -0.2) is 0 Å². The molecule has 1 aromatic heterocycles. The molecule has 0 radical (unpaired) electrons. The van der Waals surface area contributed by atoms with E-state index in [2.05, 4.69) is 34.1 Å². The number of nitrogens with zero attached hydrogens (tertiary/aromatic N) is 3. The second-order valence-electron chi connectivity index (χ2n) is 7.04. The zero-order chi connectivity index (χ0) is 17.8. The number of anilines is 3. The Morgan fingerprint density at radius 1 is 1.16 bits per heavy atom. The molecule has 0 saturated carbocycles. The van der Waals surface area contributed by atoms with Gasteiger partial charge in [0, 0.05) is 11.8 Å². The third-order valence-electron chi connectivity index (χ3n) is 4.54. The van der Waals surface area contributed by atoms with Gasteiger partial charge in [-0.15, -0.1) is 0 Å². The zero-order valence-corrected chi connectivity index (χ0v) is 15.1. The predicted octanol–water partition coefficient (Wildman–Crippen LogP) is 1.27. The highest BCUT2D eigenvalue weighted by atomic mass is 16.5. The maximum absolute atomic E-state index is 5.90. The second-order valence-corrected chi connectivity index (χ2v) is 7.04. The molecule has 0 aliphatic carbocycles. The molecule has 0 spiro atoms. The molecule has 4 N–H and O–H groups in total. The van der Waals surface area contributed by atoms with Gasteiger partial charge in [-0.05, 0) is 18.6 Å². The van der Waals surface area contributed by atoms with Crippen molar-refractivity contribution in [2.45, 2.75) is 26.8 Å². The van der Waals surface area contributed by atoms with E-state index in [1.807, 2.05) is 24.3 Å². The van der Waals surface area contributed by atoms with E-state index in [4.69, 9.17) is 10.5 Å². The average Bonchev–Trinajstić information content (AvgIpc) is 2.53. The number of nitrogens with two attached hydrogens (primary N) is 1. The lowest BCUT2D eigenvalue weighted by Crippen LogP contribution is -3.13. The number of piperidine rings is 1. The topological polar surface area (TPSA) is 90.4 Å². The fourth-order valence-corrected chi connectivity index (χ4v) is 3.73. The maximum atomic E-state index is 5.90. The van der Waals surface area contributed by atoms with E-state index in [0.29, 0.717) is 5.95 Å². The number of ether oxygens (including phenoxy) is 1. The van der Waals surface area contributed by atoms with Gasteiger partial charge in [0.25, 0.3) is 0 Å². The number of para-hydroxylation sites is 2. The van der Waals surface area contributed by atoms with E-state index in [9.17, 15) is 0 Å². The molecule has 1 aliphatic rings. The van der Waals surface area contributed by atoms with E-state index in [1.165, 1.54) is 11.3 Å². The van der Waals surface area contributed by atoms with Crippen molar-refractivity contribution in [1.82, 2.24) is 15.0 Å². The third kappa shape index (κ3) is 4.57. The van der Waals surface area contributed by atoms with Crippen molar-refractivity contribution in [3.63, 3.8) is 0 Å². The van der Waals surface area contributed by atoms with E-state index < -0.39 is 0 Å². The number of methoxy groups -OCH3 is 1. The fraction of sp³-hybridized carbons (Fsp3) is 0.500. The Morgan fingerprint density at radius 3 is 2.60 bits per heavy atom. The summed E-state index contributed by atoms with van der Waals surface area (Å²) in [5, 5.41) is 3.18. The predicted molar refractivity (Wildman–Crippen MR) is 97.9 cm³/mol. The number of benzene rings is 1. The van der Waals surface area contributed by atoms with Gasteiger partial charge in [-0.3, -0.25) is 0 Å². The molecule has 2 heterocycles. The highest BCUT2D eigenvalue weighted by molar-refractivity contribution is 5.62. The Labute approximate surface area is 148 Å². The molecule has 0 unspecified atom stereocenters. The van der Waals surface area contributed by atoms with Crippen LogP contribution in [0.5, 0.6) is 5.75 Å². The van der Waals surface area contributed by atoms with E-state index >= 15 is 0 Å². The Bertz CT molecular complexity index is 712. The minimum Gasteiger partial charge on any atom is -0.495 e. The minimum absolute atomic E-state index is 0.236. The van der Waals surface area contributed by atoms with Crippen molar-refractivity contribution in [1.29, 1.82) is 0 Å². The molecule has 3 rings (SSSR count). The van der Waals surface area contributed by atoms with Crippen molar-refractivity contribution in [3.8, 4) is 5.75 Å². The quantitative estimate of drug-likeness (QED) is 0.757. The van der Waals surface area contributed by atoms with Gasteiger partial charge < -0.3 is 20.7 Å². The van der Waals surface area contributed by atoms with Gasteiger partial charge in [0.1, 0.15) is 12.3 Å². The number of nitrogens with one attached hydrogen (secondary N) is 2. The summed E-state index contributed by atoms with van der Waals surface area (Å²) in [6.07, 6.45) is 1.30. The molecular formula is C18H27N6O+. The largest absolute Gasteiger partial charge is 0.495 e. The van der Waals surface area contributed by atoms with Gasteiger partial charge in [-0.2, -0.15) is 15.0 Å². The summed E-state index contributed by atoms with van der Waals surface area (Å²) >= 11 is 0. The smallest absolute Gasteiger partial charge is 0.232 e. The molecule has 0 bridgehead atoms. The van der Waals surface area contributed by atoms with Crippen LogP contribution in [0.15, 0.2) is 24.3 Å². The number of aromatic nitrogens is 3. The Balaban J connectivity index is 1.76. The molecule has 1 saturated heterocycles. The van der Waals surface area contributed by atoms with E-state index in [1.54, 1.807) is 7.11 Å². The molecular weight excluding hydrogens is 316 g/mol. The van der Waals surface area contributed by atoms with Gasteiger partial charge in [0.05, 0.1) is 25.9 Å². The van der Waals surface area contributed by atoms with Gasteiger partial charge in [0.15, 0.2) is 5.82 Å². The molecule has 2 aromatic rings. The van der Waals surface area contributed by atoms with Crippen molar-refractivity contribution < 1.29 is 9.64 Å². The molecule has 0 amide bonds. The first-order valence-electron chi connectivity index (χ1n) is 8.77. The third-order valence-corrected chi connectivity index (χ3v) is 4.54. The summed E-state index contributed by atoms with van der Waals surface area (Å²) in [6, 6.07) is 7.64. The van der Waals surface area contributed by atoms with Crippen LogP contribution < -0.4 is 20.7 Å². The molecule has 2 atom stereocenters. The molecule has 1 aromatic carbocycles. The van der Waals surface area contributed by atoms with Gasteiger partial charge in [-0.1, -0.05) is 26.0 Å². The Morgan fingerprint density at radius 2 is 1.88 bits per heavy atom. The van der Waals surface area contributed by atoms with Crippen molar-refractivity contribution >= 4 is 17.6 Å². The van der Waals surface area contributed by atoms with Crippen LogP contribution in [0.25, 0.3) is 0 Å². The van der Waals surface area contributed by atoms with Crippen LogP contribution in [0, 0.1) is 11.8 Å². The number of rotatable bonds is 5.